The molecule has 0 saturated carbocycles. The average Bonchev–Trinajstić information content (AvgIpc) is 2.95. The lowest BCUT2D eigenvalue weighted by atomic mass is 10.0. The van der Waals surface area contributed by atoms with Crippen LogP contribution in [0.1, 0.15) is 43.4 Å². The largest absolute Gasteiger partial charge is 0.494 e. The van der Waals surface area contributed by atoms with Gasteiger partial charge in [0, 0.05) is 19.5 Å². The molecule has 0 unspecified atom stereocenters. The molecule has 2 amide bonds. The van der Waals surface area contributed by atoms with Gasteiger partial charge in [-0.2, -0.15) is 0 Å². The zero-order chi connectivity index (χ0) is 29.8. The Balaban J connectivity index is 2.02. The quantitative estimate of drug-likeness (QED) is 0.263. The number of hydrogen-bond acceptors (Lipinski definition) is 5. The summed E-state index contributed by atoms with van der Waals surface area (Å²) < 4.78 is 32.4. The molecule has 0 aromatic heterocycles. The molecule has 9 heteroatoms. The summed E-state index contributed by atoms with van der Waals surface area (Å²) in [5.74, 6) is -0.140. The number of carbonyl (C=O) groups is 2. The molecule has 3 aromatic carbocycles. The van der Waals surface area contributed by atoms with Crippen molar-refractivity contribution in [2.24, 2.45) is 0 Å². The number of benzene rings is 3. The Morgan fingerprint density at radius 2 is 1.59 bits per heavy atom. The monoisotopic (exact) mass is 579 g/mol. The van der Waals surface area contributed by atoms with Crippen molar-refractivity contribution in [3.63, 3.8) is 0 Å². The van der Waals surface area contributed by atoms with Crippen LogP contribution in [0.25, 0.3) is 0 Å². The maximum absolute atomic E-state index is 14.1. The van der Waals surface area contributed by atoms with Gasteiger partial charge in [0.15, 0.2) is 0 Å². The number of amides is 2. The first-order valence-electron chi connectivity index (χ1n) is 14.0. The number of carbonyl (C=O) groups excluding carboxylic acids is 2. The number of rotatable bonds is 15. The number of anilines is 1. The molecule has 0 radical (unpaired) electrons. The van der Waals surface area contributed by atoms with Crippen molar-refractivity contribution in [3.05, 3.63) is 95.6 Å². The fourth-order valence-corrected chi connectivity index (χ4v) is 5.37. The van der Waals surface area contributed by atoms with Crippen molar-refractivity contribution < 1.29 is 22.7 Å². The molecule has 0 heterocycles. The number of aryl methyl sites for hydroxylation is 1. The summed E-state index contributed by atoms with van der Waals surface area (Å²) in [6, 6.07) is 22.9. The standard InChI is InChI=1S/C32H41N3O5S/c1-5-7-21-33-32(37)30(22-26-14-9-8-10-15-26)34(23-27-16-12-11-13-25(27)3)31(36)24-35(41(4,38)39)28-17-19-29(20-18-28)40-6-2/h8-20,30H,5-7,21-24H2,1-4H3,(H,33,37)/t30-/m1/s1. The molecule has 0 aliphatic heterocycles. The van der Waals surface area contributed by atoms with Crippen molar-refractivity contribution in [1.82, 2.24) is 10.2 Å². The number of sulfonamides is 1. The van der Waals surface area contributed by atoms with Gasteiger partial charge in [-0.1, -0.05) is 67.9 Å². The minimum atomic E-state index is -3.83. The first-order chi connectivity index (χ1) is 19.6. The van der Waals surface area contributed by atoms with E-state index in [1.807, 2.05) is 75.4 Å². The van der Waals surface area contributed by atoms with Gasteiger partial charge in [-0.15, -0.1) is 0 Å². The van der Waals surface area contributed by atoms with Gasteiger partial charge in [0.1, 0.15) is 18.3 Å². The third-order valence-electron chi connectivity index (χ3n) is 6.82. The Labute approximate surface area is 244 Å². The molecule has 3 aromatic rings. The van der Waals surface area contributed by atoms with E-state index in [9.17, 15) is 18.0 Å². The smallest absolute Gasteiger partial charge is 0.244 e. The first kappa shape index (κ1) is 31.7. The molecule has 220 valence electrons. The van der Waals surface area contributed by atoms with Crippen LogP contribution in [0.15, 0.2) is 78.9 Å². The molecule has 0 fully saturated rings. The second-order valence-electron chi connectivity index (χ2n) is 9.99. The van der Waals surface area contributed by atoms with Crippen LogP contribution in [0.3, 0.4) is 0 Å². The zero-order valence-corrected chi connectivity index (χ0v) is 25.2. The number of hydrogen-bond donors (Lipinski definition) is 1. The zero-order valence-electron chi connectivity index (χ0n) is 24.4. The lowest BCUT2D eigenvalue weighted by Crippen LogP contribution is -2.53. The molecule has 8 nitrogen and oxygen atoms in total. The third-order valence-corrected chi connectivity index (χ3v) is 7.96. The van der Waals surface area contributed by atoms with Crippen molar-refractivity contribution in [1.29, 1.82) is 0 Å². The van der Waals surface area contributed by atoms with Crippen LogP contribution in [0.2, 0.25) is 0 Å². The van der Waals surface area contributed by atoms with Crippen molar-refractivity contribution >= 4 is 27.5 Å². The van der Waals surface area contributed by atoms with Crippen LogP contribution in [-0.2, 0) is 32.6 Å². The van der Waals surface area contributed by atoms with Crippen LogP contribution < -0.4 is 14.4 Å². The van der Waals surface area contributed by atoms with Gasteiger partial charge in [0.2, 0.25) is 21.8 Å². The molecule has 0 bridgehead atoms. The van der Waals surface area contributed by atoms with Crippen molar-refractivity contribution in [2.45, 2.75) is 52.6 Å². The SMILES string of the molecule is CCCCNC(=O)[C@@H](Cc1ccccc1)N(Cc1ccccc1C)C(=O)CN(c1ccc(OCC)cc1)S(C)(=O)=O. The summed E-state index contributed by atoms with van der Waals surface area (Å²) in [5.41, 5.74) is 3.10. The minimum absolute atomic E-state index is 0.158. The molecular weight excluding hydrogens is 538 g/mol. The Bertz CT molecular complexity index is 1380. The van der Waals surface area contributed by atoms with Crippen LogP contribution in [0.5, 0.6) is 5.75 Å². The second-order valence-corrected chi connectivity index (χ2v) is 11.9. The summed E-state index contributed by atoms with van der Waals surface area (Å²) >= 11 is 0. The van der Waals surface area contributed by atoms with Crippen LogP contribution >= 0.6 is 0 Å². The summed E-state index contributed by atoms with van der Waals surface area (Å²) in [5, 5.41) is 2.99. The lowest BCUT2D eigenvalue weighted by molar-refractivity contribution is -0.140. The maximum atomic E-state index is 14.1. The van der Waals surface area contributed by atoms with Crippen LogP contribution in [-0.4, -0.2) is 57.1 Å². The molecule has 0 spiro atoms. The lowest BCUT2D eigenvalue weighted by Gasteiger charge is -2.34. The van der Waals surface area contributed by atoms with E-state index >= 15 is 0 Å². The van der Waals surface area contributed by atoms with Gasteiger partial charge in [0.25, 0.3) is 0 Å². The van der Waals surface area contributed by atoms with E-state index in [0.717, 1.165) is 40.1 Å². The fourth-order valence-electron chi connectivity index (χ4n) is 4.52. The van der Waals surface area contributed by atoms with E-state index in [-0.39, 0.29) is 12.5 Å². The number of ether oxygens (including phenoxy) is 1. The molecule has 41 heavy (non-hydrogen) atoms. The summed E-state index contributed by atoms with van der Waals surface area (Å²) in [4.78, 5) is 29.3. The normalized spacial score (nSPS) is 11.9. The Morgan fingerprint density at radius 1 is 0.927 bits per heavy atom. The van der Waals surface area contributed by atoms with Crippen molar-refractivity contribution in [3.8, 4) is 5.75 Å². The van der Waals surface area contributed by atoms with Crippen LogP contribution in [0, 0.1) is 6.92 Å². The summed E-state index contributed by atoms with van der Waals surface area (Å²) in [6.07, 6.45) is 3.09. The van der Waals surface area contributed by atoms with Gasteiger partial charge < -0.3 is 15.0 Å². The molecule has 3 rings (SSSR count). The highest BCUT2D eigenvalue weighted by atomic mass is 32.2. The van der Waals surface area contributed by atoms with Gasteiger partial charge >= 0.3 is 0 Å². The van der Waals surface area contributed by atoms with Gasteiger partial charge in [0.05, 0.1) is 18.6 Å². The average molecular weight is 580 g/mol. The summed E-state index contributed by atoms with van der Waals surface area (Å²) in [6.45, 7) is 6.54. The number of unbranched alkanes of at least 4 members (excludes halogenated alkanes) is 1. The van der Waals surface area contributed by atoms with E-state index in [2.05, 4.69) is 5.32 Å². The van der Waals surface area contributed by atoms with Gasteiger partial charge in [-0.05, 0) is 61.2 Å². The van der Waals surface area contributed by atoms with Crippen LogP contribution in [0.4, 0.5) is 5.69 Å². The molecular formula is C32H41N3O5S. The maximum Gasteiger partial charge on any atom is 0.244 e. The second kappa shape index (κ2) is 15.2. The highest BCUT2D eigenvalue weighted by molar-refractivity contribution is 7.92. The highest BCUT2D eigenvalue weighted by Crippen LogP contribution is 2.23. The Hall–Kier alpha value is -3.85. The van der Waals surface area contributed by atoms with Gasteiger partial charge in [-0.3, -0.25) is 13.9 Å². The highest BCUT2D eigenvalue weighted by Gasteiger charge is 2.33. The predicted molar refractivity (Wildman–Crippen MR) is 163 cm³/mol. The fraction of sp³-hybridized carbons (Fsp3) is 0.375. The first-order valence-corrected chi connectivity index (χ1v) is 15.8. The van der Waals surface area contributed by atoms with E-state index < -0.39 is 28.5 Å². The number of nitrogens with zero attached hydrogens (tertiary/aromatic N) is 2. The number of nitrogens with one attached hydrogen (secondary N) is 1. The molecule has 1 atom stereocenters. The molecule has 0 aliphatic rings. The van der Waals surface area contributed by atoms with E-state index in [4.69, 9.17) is 4.74 Å². The summed E-state index contributed by atoms with van der Waals surface area (Å²) in [7, 11) is -3.83. The molecule has 1 N–H and O–H groups in total. The third kappa shape index (κ3) is 9.35. The van der Waals surface area contributed by atoms with E-state index in [1.54, 1.807) is 24.3 Å². The van der Waals surface area contributed by atoms with Crippen molar-refractivity contribution in [2.75, 3.05) is 30.3 Å². The topological polar surface area (TPSA) is 96.0 Å². The Morgan fingerprint density at radius 3 is 2.20 bits per heavy atom. The van der Waals surface area contributed by atoms with Gasteiger partial charge in [-0.25, -0.2) is 8.42 Å². The molecule has 0 saturated heterocycles. The predicted octanol–water partition coefficient (Wildman–Crippen LogP) is 4.72. The van der Waals surface area contributed by atoms with E-state index in [0.29, 0.717) is 31.0 Å². The minimum Gasteiger partial charge on any atom is -0.494 e. The Kier molecular flexibility index (Phi) is 11.8. The van der Waals surface area contributed by atoms with E-state index in [1.165, 1.54) is 4.90 Å². The molecule has 0 aliphatic carbocycles.